The molecule has 1 heterocycles. The van der Waals surface area contributed by atoms with E-state index in [4.69, 9.17) is 11.6 Å². The Kier molecular flexibility index (Phi) is 4.92. The van der Waals surface area contributed by atoms with Crippen molar-refractivity contribution < 1.29 is 0 Å². The van der Waals surface area contributed by atoms with E-state index < -0.39 is 0 Å². The molecule has 14 heavy (non-hydrogen) atoms. The summed E-state index contributed by atoms with van der Waals surface area (Å²) in [5.41, 5.74) is 1.98. The third-order valence-corrected chi connectivity index (χ3v) is 2.90. The Morgan fingerprint density at radius 3 is 2.86 bits per heavy atom. The normalized spacial score (nSPS) is 10.9. The van der Waals surface area contributed by atoms with Gasteiger partial charge in [0.05, 0.1) is 16.4 Å². The van der Waals surface area contributed by atoms with Crippen LogP contribution < -0.4 is 5.32 Å². The Bertz CT molecular complexity index is 298. The summed E-state index contributed by atoms with van der Waals surface area (Å²) < 4.78 is 1.94. The highest BCUT2D eigenvalue weighted by Crippen LogP contribution is 2.19. The predicted molar refractivity (Wildman–Crippen MR) is 63.1 cm³/mol. The van der Waals surface area contributed by atoms with Crippen molar-refractivity contribution in [1.29, 1.82) is 0 Å². The largest absolute Gasteiger partial charge is 0.310 e. The van der Waals surface area contributed by atoms with Crippen LogP contribution in [-0.4, -0.2) is 21.7 Å². The molecule has 0 spiro atoms. The van der Waals surface area contributed by atoms with Crippen LogP contribution in [0.25, 0.3) is 0 Å². The van der Waals surface area contributed by atoms with Gasteiger partial charge in [-0.1, -0.05) is 27.5 Å². The lowest BCUT2D eigenvalue weighted by molar-refractivity contribution is 0.588. The lowest BCUT2D eigenvalue weighted by atomic mass is 10.3. The van der Waals surface area contributed by atoms with Crippen LogP contribution >= 0.6 is 27.5 Å². The summed E-state index contributed by atoms with van der Waals surface area (Å²) in [7, 11) is 0. The Hall–Kier alpha value is -0.0600. The first kappa shape index (κ1) is 12.0. The van der Waals surface area contributed by atoms with Crippen LogP contribution in [-0.2, 0) is 13.1 Å². The quantitative estimate of drug-likeness (QED) is 0.663. The summed E-state index contributed by atoms with van der Waals surface area (Å²) in [5.74, 6) is 0. The Balaban J connectivity index is 2.72. The van der Waals surface area contributed by atoms with Gasteiger partial charge in [0.25, 0.3) is 0 Å². The predicted octanol–water partition coefficient (Wildman–Crippen LogP) is 2.35. The molecule has 3 nitrogen and oxygen atoms in total. The van der Waals surface area contributed by atoms with Gasteiger partial charge in [0.15, 0.2) is 0 Å². The highest BCUT2D eigenvalue weighted by molar-refractivity contribution is 9.09. The molecule has 5 heteroatoms. The van der Waals surface area contributed by atoms with E-state index in [0.717, 1.165) is 41.4 Å². The number of hydrogen-bond donors (Lipinski definition) is 1. The van der Waals surface area contributed by atoms with Gasteiger partial charge in [-0.05, 0) is 13.8 Å². The molecule has 0 fully saturated rings. The summed E-state index contributed by atoms with van der Waals surface area (Å²) in [6.45, 7) is 6.57. The monoisotopic (exact) mass is 279 g/mol. The first-order chi connectivity index (χ1) is 6.70. The zero-order chi connectivity index (χ0) is 10.6. The van der Waals surface area contributed by atoms with Crippen molar-refractivity contribution in [3.8, 4) is 0 Å². The van der Waals surface area contributed by atoms with Gasteiger partial charge in [0, 0.05) is 25.0 Å². The van der Waals surface area contributed by atoms with Crippen molar-refractivity contribution >= 4 is 27.5 Å². The number of nitrogens with zero attached hydrogens (tertiary/aromatic N) is 2. The second-order valence-corrected chi connectivity index (χ2v) is 4.20. The number of halogens is 2. The smallest absolute Gasteiger partial charge is 0.0860 e. The van der Waals surface area contributed by atoms with E-state index >= 15 is 0 Å². The summed E-state index contributed by atoms with van der Waals surface area (Å²) >= 11 is 9.50. The summed E-state index contributed by atoms with van der Waals surface area (Å²) in [5, 5.41) is 9.36. The number of nitrogens with one attached hydrogen (secondary N) is 1. The van der Waals surface area contributed by atoms with Gasteiger partial charge in [0.1, 0.15) is 0 Å². The van der Waals surface area contributed by atoms with Crippen LogP contribution in [0.2, 0.25) is 5.02 Å². The molecule has 0 atom stereocenters. The molecule has 0 amide bonds. The molecular weight excluding hydrogens is 265 g/mol. The van der Waals surface area contributed by atoms with Crippen LogP contribution in [0.1, 0.15) is 18.3 Å². The van der Waals surface area contributed by atoms with Gasteiger partial charge in [0.2, 0.25) is 0 Å². The fourth-order valence-electron chi connectivity index (χ4n) is 1.31. The van der Waals surface area contributed by atoms with Gasteiger partial charge >= 0.3 is 0 Å². The van der Waals surface area contributed by atoms with E-state index in [9.17, 15) is 0 Å². The van der Waals surface area contributed by atoms with E-state index in [0.29, 0.717) is 0 Å². The average Bonchev–Trinajstić information content (AvgIpc) is 2.45. The number of aromatic nitrogens is 2. The van der Waals surface area contributed by atoms with Crippen LogP contribution in [0, 0.1) is 6.92 Å². The Morgan fingerprint density at radius 1 is 1.57 bits per heavy atom. The maximum Gasteiger partial charge on any atom is 0.0860 e. The minimum Gasteiger partial charge on any atom is -0.310 e. The van der Waals surface area contributed by atoms with Crippen molar-refractivity contribution in [3.05, 3.63) is 16.4 Å². The lowest BCUT2D eigenvalue weighted by Gasteiger charge is -2.05. The number of alkyl halides is 1. The number of rotatable bonds is 5. The standard InChI is InChI=1S/C9H15BrClN3/c1-3-14-8(6-12-5-4-10)9(11)7(2)13-14/h12H,3-6H2,1-2H3. The van der Waals surface area contributed by atoms with E-state index in [1.54, 1.807) is 0 Å². The summed E-state index contributed by atoms with van der Waals surface area (Å²) in [6, 6.07) is 0. The molecule has 1 N–H and O–H groups in total. The topological polar surface area (TPSA) is 29.9 Å². The van der Waals surface area contributed by atoms with Crippen molar-refractivity contribution in [2.75, 3.05) is 11.9 Å². The molecule has 1 aromatic heterocycles. The molecule has 0 bridgehead atoms. The van der Waals surface area contributed by atoms with Gasteiger partial charge in [-0.15, -0.1) is 0 Å². The van der Waals surface area contributed by atoms with Gasteiger partial charge in [-0.3, -0.25) is 4.68 Å². The molecule has 0 aliphatic heterocycles. The first-order valence-electron chi connectivity index (χ1n) is 4.69. The number of hydrogen-bond acceptors (Lipinski definition) is 2. The molecule has 1 rings (SSSR count). The van der Waals surface area contributed by atoms with Crippen molar-refractivity contribution in [2.24, 2.45) is 0 Å². The molecule has 1 aromatic rings. The van der Waals surface area contributed by atoms with E-state index in [1.165, 1.54) is 0 Å². The maximum absolute atomic E-state index is 6.14. The molecule has 0 aliphatic carbocycles. The van der Waals surface area contributed by atoms with E-state index in [1.807, 2.05) is 11.6 Å². The zero-order valence-electron chi connectivity index (χ0n) is 8.48. The highest BCUT2D eigenvalue weighted by atomic mass is 79.9. The Morgan fingerprint density at radius 2 is 2.29 bits per heavy atom. The lowest BCUT2D eigenvalue weighted by Crippen LogP contribution is -2.18. The van der Waals surface area contributed by atoms with Gasteiger partial charge < -0.3 is 5.32 Å². The van der Waals surface area contributed by atoms with Crippen LogP contribution in [0.4, 0.5) is 0 Å². The van der Waals surface area contributed by atoms with Crippen LogP contribution in [0.15, 0.2) is 0 Å². The molecule has 0 aromatic carbocycles. The molecule has 0 saturated carbocycles. The second-order valence-electron chi connectivity index (χ2n) is 3.03. The van der Waals surface area contributed by atoms with Crippen molar-refractivity contribution in [1.82, 2.24) is 15.1 Å². The molecular formula is C9H15BrClN3. The first-order valence-corrected chi connectivity index (χ1v) is 6.19. The summed E-state index contributed by atoms with van der Waals surface area (Å²) in [6.07, 6.45) is 0. The third-order valence-electron chi connectivity index (χ3n) is 2.02. The van der Waals surface area contributed by atoms with E-state index in [2.05, 4.69) is 33.3 Å². The van der Waals surface area contributed by atoms with Crippen molar-refractivity contribution in [2.45, 2.75) is 26.9 Å². The second kappa shape index (κ2) is 5.73. The zero-order valence-corrected chi connectivity index (χ0v) is 10.8. The molecule has 0 radical (unpaired) electrons. The average molecular weight is 281 g/mol. The van der Waals surface area contributed by atoms with Crippen molar-refractivity contribution in [3.63, 3.8) is 0 Å². The Labute approximate surface area is 97.9 Å². The SMILES string of the molecule is CCn1nc(C)c(Cl)c1CNCCBr. The van der Waals surface area contributed by atoms with Gasteiger partial charge in [-0.25, -0.2) is 0 Å². The third kappa shape index (κ3) is 2.72. The minimum atomic E-state index is 0.777. The fraction of sp³-hybridized carbons (Fsp3) is 0.667. The summed E-state index contributed by atoms with van der Waals surface area (Å²) in [4.78, 5) is 0. The molecule has 0 aliphatic rings. The number of aryl methyl sites for hydroxylation is 2. The van der Waals surface area contributed by atoms with E-state index in [-0.39, 0.29) is 0 Å². The van der Waals surface area contributed by atoms with Crippen LogP contribution in [0.5, 0.6) is 0 Å². The fourth-order valence-corrected chi connectivity index (χ4v) is 1.79. The molecule has 0 saturated heterocycles. The molecule has 80 valence electrons. The minimum absolute atomic E-state index is 0.777. The maximum atomic E-state index is 6.14. The molecule has 0 unspecified atom stereocenters. The van der Waals surface area contributed by atoms with Crippen LogP contribution in [0.3, 0.4) is 0 Å². The van der Waals surface area contributed by atoms with Gasteiger partial charge in [-0.2, -0.15) is 5.10 Å². The highest BCUT2D eigenvalue weighted by Gasteiger charge is 2.11.